The first-order chi connectivity index (χ1) is 7.03. The molecule has 2 aliphatic heterocycles. The third kappa shape index (κ3) is 1.60. The molecule has 0 fully saturated rings. The van der Waals surface area contributed by atoms with Gasteiger partial charge in [0.1, 0.15) is 17.1 Å². The van der Waals surface area contributed by atoms with Crippen LogP contribution in [0, 0.1) is 0 Å². The fraction of sp³-hybridized carbons (Fsp3) is 0.400. The lowest BCUT2D eigenvalue weighted by atomic mass is 9.97. The van der Waals surface area contributed by atoms with E-state index in [0.29, 0.717) is 12.3 Å². The van der Waals surface area contributed by atoms with Crippen molar-refractivity contribution in [1.82, 2.24) is 0 Å². The highest BCUT2D eigenvalue weighted by molar-refractivity contribution is 6.52. The molecule has 0 atom stereocenters. The minimum absolute atomic E-state index is 0.262. The number of nitrogens with two attached hydrogens (primary N) is 1. The summed E-state index contributed by atoms with van der Waals surface area (Å²) in [5.41, 5.74) is 5.95. The van der Waals surface area contributed by atoms with Gasteiger partial charge in [-0.1, -0.05) is 6.08 Å². The molecule has 0 unspecified atom stereocenters. The third-order valence-corrected chi connectivity index (χ3v) is 2.21. The summed E-state index contributed by atoms with van der Waals surface area (Å²) in [4.78, 5) is 17.0. The molecule has 5 nitrogen and oxygen atoms in total. The Morgan fingerprint density at radius 2 is 2.07 bits per heavy atom. The second kappa shape index (κ2) is 3.12. The Balaban J connectivity index is 2.42. The van der Waals surface area contributed by atoms with Crippen molar-refractivity contribution in [3.63, 3.8) is 0 Å². The van der Waals surface area contributed by atoms with Crippen molar-refractivity contribution in [2.24, 2.45) is 25.7 Å². The van der Waals surface area contributed by atoms with E-state index in [2.05, 4.69) is 26.5 Å². The molecule has 0 saturated carbocycles. The number of hydrogen-bond donors (Lipinski definition) is 1. The maximum atomic E-state index is 5.60. The average Bonchev–Trinajstić information content (AvgIpc) is 2.47. The lowest BCUT2D eigenvalue weighted by Gasteiger charge is -2.22. The van der Waals surface area contributed by atoms with Gasteiger partial charge in [-0.15, -0.1) is 6.58 Å². The fourth-order valence-corrected chi connectivity index (χ4v) is 1.56. The molecule has 0 radical (unpaired) electrons. The quantitative estimate of drug-likeness (QED) is 0.666. The van der Waals surface area contributed by atoms with E-state index in [9.17, 15) is 0 Å². The summed E-state index contributed by atoms with van der Waals surface area (Å²) in [7, 11) is 0. The summed E-state index contributed by atoms with van der Waals surface area (Å²) in [5.74, 6) is 1.57. The van der Waals surface area contributed by atoms with Gasteiger partial charge in [0.15, 0.2) is 5.84 Å². The van der Waals surface area contributed by atoms with E-state index < -0.39 is 5.54 Å². The Kier molecular flexibility index (Phi) is 2.03. The second-order valence-corrected chi connectivity index (χ2v) is 3.95. The predicted molar refractivity (Wildman–Crippen MR) is 62.8 cm³/mol. The van der Waals surface area contributed by atoms with Crippen molar-refractivity contribution in [3.8, 4) is 0 Å². The number of amidine groups is 2. The van der Waals surface area contributed by atoms with Crippen LogP contribution in [0.5, 0.6) is 0 Å². The van der Waals surface area contributed by atoms with Crippen molar-refractivity contribution in [2.75, 3.05) is 0 Å². The van der Waals surface area contributed by atoms with Crippen LogP contribution >= 0.6 is 0 Å². The lowest BCUT2D eigenvalue weighted by molar-refractivity contribution is 0.702. The van der Waals surface area contributed by atoms with Gasteiger partial charge >= 0.3 is 0 Å². The monoisotopic (exact) mass is 203 g/mol. The molecule has 0 bridgehead atoms. The highest BCUT2D eigenvalue weighted by Gasteiger charge is 2.35. The Morgan fingerprint density at radius 3 is 2.73 bits per heavy atom. The van der Waals surface area contributed by atoms with Crippen LogP contribution in [0.3, 0.4) is 0 Å². The minimum atomic E-state index is -0.437. The lowest BCUT2D eigenvalue weighted by Crippen LogP contribution is -2.40. The standard InChI is InChI=1S/C10H13N5/c1-4-5-6-12-7-8(13-6)14-9(11)15-10(7,2)3/h4H,1,5H2,2-3H3,(H2,11,15). The predicted octanol–water partition coefficient (Wildman–Crippen LogP) is 0.921. The minimum Gasteiger partial charge on any atom is -0.368 e. The maximum absolute atomic E-state index is 5.60. The van der Waals surface area contributed by atoms with Gasteiger partial charge in [0.25, 0.3) is 0 Å². The zero-order valence-electron chi connectivity index (χ0n) is 8.86. The van der Waals surface area contributed by atoms with Crippen LogP contribution in [-0.4, -0.2) is 28.9 Å². The van der Waals surface area contributed by atoms with Crippen LogP contribution in [0.15, 0.2) is 32.6 Å². The highest BCUT2D eigenvalue weighted by atomic mass is 15.2. The van der Waals surface area contributed by atoms with Gasteiger partial charge in [-0.3, -0.25) is 0 Å². The SMILES string of the molecule is C=CCC1=NC2=NC(N)=NC(C)(C)C2=N1. The van der Waals surface area contributed by atoms with Gasteiger partial charge in [-0.05, 0) is 13.8 Å². The van der Waals surface area contributed by atoms with Gasteiger partial charge < -0.3 is 5.73 Å². The van der Waals surface area contributed by atoms with Crippen LogP contribution in [0.4, 0.5) is 0 Å². The number of fused-ring (bicyclic) bond motifs is 1. The normalized spacial score (nSPS) is 22.3. The van der Waals surface area contributed by atoms with Crippen molar-refractivity contribution in [2.45, 2.75) is 25.8 Å². The van der Waals surface area contributed by atoms with E-state index >= 15 is 0 Å². The van der Waals surface area contributed by atoms with Crippen molar-refractivity contribution >= 4 is 23.3 Å². The van der Waals surface area contributed by atoms with Crippen LogP contribution in [0.2, 0.25) is 0 Å². The van der Waals surface area contributed by atoms with Crippen molar-refractivity contribution in [1.29, 1.82) is 0 Å². The van der Waals surface area contributed by atoms with Gasteiger partial charge in [0.05, 0.1) is 0 Å². The molecule has 0 aliphatic carbocycles. The molecule has 78 valence electrons. The molecule has 2 N–H and O–H groups in total. The summed E-state index contributed by atoms with van der Waals surface area (Å²) in [6, 6.07) is 0. The van der Waals surface area contributed by atoms with E-state index in [-0.39, 0.29) is 5.96 Å². The van der Waals surface area contributed by atoms with E-state index in [0.717, 1.165) is 11.5 Å². The number of guanidine groups is 1. The smallest absolute Gasteiger partial charge is 0.218 e. The van der Waals surface area contributed by atoms with Gasteiger partial charge in [-0.2, -0.15) is 4.99 Å². The molecule has 0 aromatic carbocycles. The number of hydrogen-bond acceptors (Lipinski definition) is 5. The Labute approximate surface area is 88.2 Å². The fourth-order valence-electron chi connectivity index (χ4n) is 1.56. The van der Waals surface area contributed by atoms with E-state index in [1.807, 2.05) is 13.8 Å². The molecule has 2 aliphatic rings. The topological polar surface area (TPSA) is 75.5 Å². The van der Waals surface area contributed by atoms with Gasteiger partial charge in [0.2, 0.25) is 5.96 Å². The van der Waals surface area contributed by atoms with Crippen LogP contribution in [0.25, 0.3) is 0 Å². The van der Waals surface area contributed by atoms with E-state index in [4.69, 9.17) is 5.73 Å². The average molecular weight is 203 g/mol. The maximum Gasteiger partial charge on any atom is 0.218 e. The molecule has 0 aromatic rings. The summed E-state index contributed by atoms with van der Waals surface area (Å²) in [5, 5.41) is 0. The molecule has 0 aromatic heterocycles. The molecule has 0 saturated heterocycles. The van der Waals surface area contributed by atoms with Crippen molar-refractivity contribution in [3.05, 3.63) is 12.7 Å². The zero-order valence-corrected chi connectivity index (χ0v) is 8.86. The molecular weight excluding hydrogens is 190 g/mol. The molecule has 2 rings (SSSR count). The molecule has 5 heteroatoms. The highest BCUT2D eigenvalue weighted by Crippen LogP contribution is 2.21. The van der Waals surface area contributed by atoms with Gasteiger partial charge in [0, 0.05) is 6.42 Å². The van der Waals surface area contributed by atoms with E-state index in [1.165, 1.54) is 0 Å². The Morgan fingerprint density at radius 1 is 1.33 bits per heavy atom. The van der Waals surface area contributed by atoms with E-state index in [1.54, 1.807) is 6.08 Å². The largest absolute Gasteiger partial charge is 0.368 e. The van der Waals surface area contributed by atoms with Gasteiger partial charge in [-0.25, -0.2) is 15.0 Å². The number of nitrogens with zero attached hydrogens (tertiary/aromatic N) is 4. The Bertz CT molecular complexity index is 437. The third-order valence-electron chi connectivity index (χ3n) is 2.21. The molecule has 0 spiro atoms. The summed E-state index contributed by atoms with van der Waals surface area (Å²) < 4.78 is 0. The summed E-state index contributed by atoms with van der Waals surface area (Å²) >= 11 is 0. The number of rotatable bonds is 2. The molecule has 2 heterocycles. The summed E-state index contributed by atoms with van der Waals surface area (Å²) in [6.45, 7) is 7.54. The second-order valence-electron chi connectivity index (χ2n) is 3.95. The zero-order chi connectivity index (χ0) is 11.1. The molecular formula is C10H13N5. The van der Waals surface area contributed by atoms with Crippen molar-refractivity contribution < 1.29 is 0 Å². The van der Waals surface area contributed by atoms with Crippen LogP contribution in [-0.2, 0) is 0 Å². The first kappa shape index (κ1) is 9.76. The summed E-state index contributed by atoms with van der Waals surface area (Å²) in [6.07, 6.45) is 2.40. The van der Waals surface area contributed by atoms with Crippen LogP contribution < -0.4 is 5.73 Å². The molecule has 0 amide bonds. The molecule has 15 heavy (non-hydrogen) atoms. The number of aliphatic imine (C=N–C) groups is 4. The Hall–Kier alpha value is -1.78. The first-order valence-corrected chi connectivity index (χ1v) is 4.75. The first-order valence-electron chi connectivity index (χ1n) is 4.75. The van der Waals surface area contributed by atoms with Crippen LogP contribution in [0.1, 0.15) is 20.3 Å².